The fraction of sp³-hybridized carbons (Fsp3) is 0.368. The number of fused-ring (bicyclic) bond motifs is 1. The van der Waals surface area contributed by atoms with Crippen LogP contribution in [0.2, 0.25) is 0 Å². The van der Waals surface area contributed by atoms with Gasteiger partial charge in [-0.05, 0) is 52.9 Å². The van der Waals surface area contributed by atoms with Crippen molar-refractivity contribution in [3.8, 4) is 5.69 Å². The zero-order valence-electron chi connectivity index (χ0n) is 14.1. The molecule has 3 heterocycles. The Hall–Kier alpha value is -1.99. The second kappa shape index (κ2) is 7.32. The second-order valence-corrected chi connectivity index (χ2v) is 7.44. The van der Waals surface area contributed by atoms with E-state index in [2.05, 4.69) is 20.9 Å². The first-order valence-electron chi connectivity index (χ1n) is 8.69. The number of hydrogen-bond acceptors (Lipinski definition) is 3. The summed E-state index contributed by atoms with van der Waals surface area (Å²) in [4.78, 5) is 17.5. The number of nitrogens with zero attached hydrogens (tertiary/aromatic N) is 3. The number of aromatic nitrogens is 3. The largest absolute Gasteiger partial charge is 0.381 e. The van der Waals surface area contributed by atoms with Crippen LogP contribution in [0.25, 0.3) is 16.9 Å². The van der Waals surface area contributed by atoms with Crippen molar-refractivity contribution in [3.63, 3.8) is 0 Å². The SMILES string of the molecule is O=c1n(CC(F)C2CCOCC2)c2cc(Br)cnc2n1-c1ccccc1. The third-order valence-electron chi connectivity index (χ3n) is 4.89. The highest BCUT2D eigenvalue weighted by Gasteiger charge is 2.26. The summed E-state index contributed by atoms with van der Waals surface area (Å²) in [6.07, 6.45) is 1.94. The molecule has 136 valence electrons. The molecule has 0 spiro atoms. The van der Waals surface area contributed by atoms with E-state index in [0.717, 1.165) is 10.2 Å². The predicted octanol–water partition coefficient (Wildman–Crippen LogP) is 3.71. The molecule has 0 saturated carbocycles. The van der Waals surface area contributed by atoms with Crippen LogP contribution in [-0.4, -0.2) is 33.5 Å². The molecule has 1 saturated heterocycles. The van der Waals surface area contributed by atoms with Crippen molar-refractivity contribution in [2.75, 3.05) is 13.2 Å². The Morgan fingerprint density at radius 2 is 2.00 bits per heavy atom. The lowest BCUT2D eigenvalue weighted by molar-refractivity contribution is 0.0328. The molecule has 0 bridgehead atoms. The van der Waals surface area contributed by atoms with Gasteiger partial charge in [0, 0.05) is 23.9 Å². The molecule has 5 nitrogen and oxygen atoms in total. The van der Waals surface area contributed by atoms with Crippen LogP contribution in [0.5, 0.6) is 0 Å². The summed E-state index contributed by atoms with van der Waals surface area (Å²) in [5.41, 5.74) is 1.61. The van der Waals surface area contributed by atoms with E-state index in [1.807, 2.05) is 36.4 Å². The molecule has 1 atom stereocenters. The number of para-hydroxylation sites is 1. The summed E-state index contributed by atoms with van der Waals surface area (Å²) >= 11 is 3.40. The monoisotopic (exact) mass is 419 g/mol. The van der Waals surface area contributed by atoms with Gasteiger partial charge < -0.3 is 4.74 Å². The van der Waals surface area contributed by atoms with E-state index in [0.29, 0.717) is 37.2 Å². The second-order valence-electron chi connectivity index (χ2n) is 6.53. The average molecular weight is 420 g/mol. The van der Waals surface area contributed by atoms with Crippen LogP contribution in [0.15, 0.2) is 51.9 Å². The molecule has 1 unspecified atom stereocenters. The smallest absolute Gasteiger partial charge is 0.335 e. The number of alkyl halides is 1. The normalized spacial score (nSPS) is 16.8. The molecule has 0 amide bonds. The molecule has 1 aliphatic rings. The van der Waals surface area contributed by atoms with Crippen LogP contribution in [-0.2, 0) is 11.3 Å². The first-order chi connectivity index (χ1) is 12.6. The van der Waals surface area contributed by atoms with E-state index >= 15 is 0 Å². The standard InChI is InChI=1S/C19H19BrFN3O2/c20-14-10-17-18(22-11-14)24(15-4-2-1-3-5-15)19(25)23(17)12-16(21)13-6-8-26-9-7-13/h1-5,10-11,13,16H,6-9,12H2. The molecule has 1 fully saturated rings. The van der Waals surface area contributed by atoms with Gasteiger partial charge in [0.1, 0.15) is 6.17 Å². The highest BCUT2D eigenvalue weighted by Crippen LogP contribution is 2.25. The third kappa shape index (κ3) is 3.21. The molecular formula is C19H19BrFN3O2. The lowest BCUT2D eigenvalue weighted by atomic mass is 9.95. The van der Waals surface area contributed by atoms with Crippen molar-refractivity contribution >= 4 is 27.1 Å². The highest BCUT2D eigenvalue weighted by atomic mass is 79.9. The minimum Gasteiger partial charge on any atom is -0.381 e. The summed E-state index contributed by atoms with van der Waals surface area (Å²) in [7, 11) is 0. The van der Waals surface area contributed by atoms with Gasteiger partial charge in [0.25, 0.3) is 0 Å². The fourth-order valence-electron chi connectivity index (χ4n) is 3.49. The number of hydrogen-bond donors (Lipinski definition) is 0. The van der Waals surface area contributed by atoms with Gasteiger partial charge >= 0.3 is 5.69 Å². The molecule has 1 aliphatic heterocycles. The molecule has 3 aromatic rings. The van der Waals surface area contributed by atoms with E-state index in [-0.39, 0.29) is 18.2 Å². The van der Waals surface area contributed by atoms with Crippen molar-refractivity contribution in [2.45, 2.75) is 25.6 Å². The molecule has 0 aliphatic carbocycles. The summed E-state index contributed by atoms with van der Waals surface area (Å²) in [5, 5.41) is 0. The Balaban J connectivity index is 1.80. The molecule has 1 aromatic carbocycles. The van der Waals surface area contributed by atoms with Crippen molar-refractivity contribution < 1.29 is 9.13 Å². The van der Waals surface area contributed by atoms with Gasteiger partial charge in [-0.2, -0.15) is 0 Å². The van der Waals surface area contributed by atoms with Crippen molar-refractivity contribution in [1.82, 2.24) is 14.1 Å². The van der Waals surface area contributed by atoms with Gasteiger partial charge in [-0.25, -0.2) is 18.7 Å². The maximum atomic E-state index is 14.9. The molecule has 7 heteroatoms. The number of benzene rings is 1. The van der Waals surface area contributed by atoms with Crippen molar-refractivity contribution in [1.29, 1.82) is 0 Å². The Morgan fingerprint density at radius 3 is 2.73 bits per heavy atom. The van der Waals surface area contributed by atoms with E-state index in [1.165, 1.54) is 4.57 Å². The van der Waals surface area contributed by atoms with E-state index in [4.69, 9.17) is 4.74 Å². The van der Waals surface area contributed by atoms with Crippen LogP contribution in [0.1, 0.15) is 12.8 Å². The van der Waals surface area contributed by atoms with E-state index in [9.17, 15) is 9.18 Å². The topological polar surface area (TPSA) is 49.1 Å². The summed E-state index contributed by atoms with van der Waals surface area (Å²) in [6, 6.07) is 11.1. The van der Waals surface area contributed by atoms with Crippen LogP contribution in [0.4, 0.5) is 4.39 Å². The van der Waals surface area contributed by atoms with E-state index in [1.54, 1.807) is 10.8 Å². The van der Waals surface area contributed by atoms with Crippen molar-refractivity contribution in [2.24, 2.45) is 5.92 Å². The lowest BCUT2D eigenvalue weighted by Crippen LogP contribution is -2.32. The summed E-state index contributed by atoms with van der Waals surface area (Å²) < 4.78 is 24.0. The number of halogens is 2. The maximum absolute atomic E-state index is 14.9. The number of pyridine rings is 1. The lowest BCUT2D eigenvalue weighted by Gasteiger charge is -2.25. The Bertz CT molecular complexity index is 964. The van der Waals surface area contributed by atoms with Gasteiger partial charge in [-0.15, -0.1) is 0 Å². The third-order valence-corrected chi connectivity index (χ3v) is 5.32. The average Bonchev–Trinajstić information content (AvgIpc) is 2.94. The van der Waals surface area contributed by atoms with Crippen LogP contribution in [0, 0.1) is 5.92 Å². The Kier molecular flexibility index (Phi) is 4.91. The summed E-state index contributed by atoms with van der Waals surface area (Å²) in [6.45, 7) is 1.19. The molecule has 0 radical (unpaired) electrons. The first-order valence-corrected chi connectivity index (χ1v) is 9.48. The highest BCUT2D eigenvalue weighted by molar-refractivity contribution is 9.10. The molecule has 4 rings (SSSR count). The zero-order chi connectivity index (χ0) is 18.1. The van der Waals surface area contributed by atoms with Gasteiger partial charge in [-0.1, -0.05) is 18.2 Å². The zero-order valence-corrected chi connectivity index (χ0v) is 15.7. The van der Waals surface area contributed by atoms with Gasteiger partial charge in [0.2, 0.25) is 0 Å². The van der Waals surface area contributed by atoms with Crippen LogP contribution >= 0.6 is 15.9 Å². The quantitative estimate of drug-likeness (QED) is 0.647. The van der Waals surface area contributed by atoms with Crippen molar-refractivity contribution in [3.05, 3.63) is 57.6 Å². The number of ether oxygens (including phenoxy) is 1. The Labute approximate surface area is 158 Å². The summed E-state index contributed by atoms with van der Waals surface area (Å²) in [5.74, 6) is -0.0779. The number of rotatable bonds is 4. The molecular weight excluding hydrogens is 401 g/mol. The van der Waals surface area contributed by atoms with Gasteiger partial charge in [0.15, 0.2) is 5.65 Å². The van der Waals surface area contributed by atoms with Crippen LogP contribution < -0.4 is 5.69 Å². The van der Waals surface area contributed by atoms with Gasteiger partial charge in [0.05, 0.1) is 17.7 Å². The minimum absolute atomic E-state index is 0.0258. The molecule has 0 N–H and O–H groups in total. The molecule has 2 aromatic heterocycles. The maximum Gasteiger partial charge on any atom is 0.335 e. The fourth-order valence-corrected chi connectivity index (χ4v) is 3.81. The molecule has 26 heavy (non-hydrogen) atoms. The van der Waals surface area contributed by atoms with E-state index < -0.39 is 6.17 Å². The Morgan fingerprint density at radius 1 is 1.27 bits per heavy atom. The first kappa shape index (κ1) is 17.4. The minimum atomic E-state index is -1.09. The predicted molar refractivity (Wildman–Crippen MR) is 101 cm³/mol. The number of imidazole rings is 1. The van der Waals surface area contributed by atoms with Gasteiger partial charge in [-0.3, -0.25) is 4.57 Å². The van der Waals surface area contributed by atoms with Crippen LogP contribution in [0.3, 0.4) is 0 Å².